The van der Waals surface area contributed by atoms with E-state index in [0.29, 0.717) is 0 Å². The van der Waals surface area contributed by atoms with E-state index in [1.807, 2.05) is 12.1 Å². The molecule has 2 aliphatic heterocycles. The standard InChI is InChI=1S/C18H20N2O/c1-12-5-6-18-13(9-12)10-14(21-18)11-20-8-7-15-16(19)3-2-4-17(15)20/h2-6,9,14H,7-8,10-11,19H2,1H3. The number of fused-ring (bicyclic) bond motifs is 2. The number of rotatable bonds is 2. The van der Waals surface area contributed by atoms with Crippen LogP contribution in [-0.4, -0.2) is 19.2 Å². The van der Waals surface area contributed by atoms with Gasteiger partial charge in [-0.05, 0) is 37.1 Å². The van der Waals surface area contributed by atoms with Crippen LogP contribution in [0, 0.1) is 6.92 Å². The summed E-state index contributed by atoms with van der Waals surface area (Å²) in [6.45, 7) is 4.11. The summed E-state index contributed by atoms with van der Waals surface area (Å²) in [5, 5.41) is 0. The van der Waals surface area contributed by atoms with Crippen LogP contribution in [0.4, 0.5) is 11.4 Å². The van der Waals surface area contributed by atoms with E-state index in [2.05, 4.69) is 36.1 Å². The number of nitrogens with two attached hydrogens (primary N) is 1. The van der Waals surface area contributed by atoms with Crippen molar-refractivity contribution in [3.63, 3.8) is 0 Å². The maximum Gasteiger partial charge on any atom is 0.123 e. The van der Waals surface area contributed by atoms with Crippen LogP contribution >= 0.6 is 0 Å². The van der Waals surface area contributed by atoms with Crippen molar-refractivity contribution in [3.05, 3.63) is 53.1 Å². The van der Waals surface area contributed by atoms with Crippen LogP contribution in [-0.2, 0) is 12.8 Å². The molecule has 0 saturated heterocycles. The minimum Gasteiger partial charge on any atom is -0.488 e. The highest BCUT2D eigenvalue weighted by Crippen LogP contribution is 2.34. The molecule has 0 fully saturated rings. The topological polar surface area (TPSA) is 38.5 Å². The minimum atomic E-state index is 0.245. The molecule has 0 saturated carbocycles. The maximum absolute atomic E-state index is 6.10. The van der Waals surface area contributed by atoms with E-state index in [0.717, 1.165) is 37.4 Å². The number of aryl methyl sites for hydroxylation is 1. The zero-order valence-corrected chi connectivity index (χ0v) is 12.3. The first-order valence-corrected chi connectivity index (χ1v) is 7.59. The molecule has 2 aliphatic rings. The summed E-state index contributed by atoms with van der Waals surface area (Å²) in [4.78, 5) is 2.41. The molecular formula is C18H20N2O. The van der Waals surface area contributed by atoms with Gasteiger partial charge in [-0.3, -0.25) is 0 Å². The Balaban J connectivity index is 1.52. The molecule has 0 aliphatic carbocycles. The normalized spacial score (nSPS) is 19.3. The zero-order valence-electron chi connectivity index (χ0n) is 12.3. The van der Waals surface area contributed by atoms with E-state index >= 15 is 0 Å². The van der Waals surface area contributed by atoms with Gasteiger partial charge < -0.3 is 15.4 Å². The van der Waals surface area contributed by atoms with E-state index in [9.17, 15) is 0 Å². The quantitative estimate of drug-likeness (QED) is 0.860. The van der Waals surface area contributed by atoms with Crippen molar-refractivity contribution in [1.82, 2.24) is 0 Å². The second-order valence-corrected chi connectivity index (χ2v) is 6.10. The highest BCUT2D eigenvalue weighted by atomic mass is 16.5. The predicted octanol–water partition coefficient (Wildman–Crippen LogP) is 2.94. The molecule has 0 bridgehead atoms. The lowest BCUT2D eigenvalue weighted by molar-refractivity contribution is 0.238. The Morgan fingerprint density at radius 1 is 1.29 bits per heavy atom. The summed E-state index contributed by atoms with van der Waals surface area (Å²) >= 11 is 0. The largest absolute Gasteiger partial charge is 0.488 e. The van der Waals surface area contributed by atoms with Crippen molar-refractivity contribution in [2.75, 3.05) is 23.7 Å². The third-order valence-corrected chi connectivity index (χ3v) is 4.54. The van der Waals surface area contributed by atoms with Gasteiger partial charge in [-0.1, -0.05) is 23.8 Å². The average Bonchev–Trinajstić information content (AvgIpc) is 3.04. The molecule has 1 unspecified atom stereocenters. The molecule has 3 heteroatoms. The van der Waals surface area contributed by atoms with Gasteiger partial charge in [0.25, 0.3) is 0 Å². The monoisotopic (exact) mass is 280 g/mol. The van der Waals surface area contributed by atoms with Crippen molar-refractivity contribution in [3.8, 4) is 5.75 Å². The lowest BCUT2D eigenvalue weighted by atomic mass is 10.1. The fraction of sp³-hybridized carbons (Fsp3) is 0.333. The summed E-state index contributed by atoms with van der Waals surface area (Å²) < 4.78 is 6.10. The molecule has 2 aromatic carbocycles. The number of nitrogen functional groups attached to an aromatic ring is 1. The molecule has 4 rings (SSSR count). The van der Waals surface area contributed by atoms with Crippen LogP contribution in [0.25, 0.3) is 0 Å². The number of benzene rings is 2. The summed E-state index contributed by atoms with van der Waals surface area (Å²) in [5.74, 6) is 1.05. The molecule has 21 heavy (non-hydrogen) atoms. The molecule has 2 heterocycles. The molecule has 1 atom stereocenters. The summed E-state index contributed by atoms with van der Waals surface area (Å²) in [6.07, 6.45) is 2.29. The van der Waals surface area contributed by atoms with E-state index < -0.39 is 0 Å². The maximum atomic E-state index is 6.10. The lowest BCUT2D eigenvalue weighted by Crippen LogP contribution is -2.33. The Morgan fingerprint density at radius 3 is 3.10 bits per heavy atom. The number of ether oxygens (including phenoxy) is 1. The van der Waals surface area contributed by atoms with Gasteiger partial charge in [0, 0.05) is 29.9 Å². The fourth-order valence-electron chi connectivity index (χ4n) is 3.51. The van der Waals surface area contributed by atoms with Gasteiger partial charge in [-0.25, -0.2) is 0 Å². The van der Waals surface area contributed by atoms with Crippen LogP contribution in [0.1, 0.15) is 16.7 Å². The van der Waals surface area contributed by atoms with Crippen molar-refractivity contribution >= 4 is 11.4 Å². The Labute approximate surface area is 125 Å². The van der Waals surface area contributed by atoms with E-state index in [1.54, 1.807) is 0 Å². The Bertz CT molecular complexity index is 696. The van der Waals surface area contributed by atoms with Gasteiger partial charge in [-0.2, -0.15) is 0 Å². The molecule has 0 spiro atoms. The van der Waals surface area contributed by atoms with Crippen molar-refractivity contribution < 1.29 is 4.74 Å². The van der Waals surface area contributed by atoms with Gasteiger partial charge in [0.2, 0.25) is 0 Å². The first kappa shape index (κ1) is 12.6. The first-order valence-electron chi connectivity index (χ1n) is 7.59. The number of nitrogens with zero attached hydrogens (tertiary/aromatic N) is 1. The summed E-state index contributed by atoms with van der Waals surface area (Å²) in [7, 11) is 0. The van der Waals surface area contributed by atoms with E-state index in [4.69, 9.17) is 10.5 Å². The second kappa shape index (κ2) is 4.69. The van der Waals surface area contributed by atoms with Crippen LogP contribution in [0.2, 0.25) is 0 Å². The third-order valence-electron chi connectivity index (χ3n) is 4.54. The predicted molar refractivity (Wildman–Crippen MR) is 86.1 cm³/mol. The van der Waals surface area contributed by atoms with Crippen molar-refractivity contribution in [1.29, 1.82) is 0 Å². The molecule has 3 nitrogen and oxygen atoms in total. The third kappa shape index (κ3) is 2.13. The first-order chi connectivity index (χ1) is 10.2. The molecule has 0 radical (unpaired) electrons. The van der Waals surface area contributed by atoms with Crippen molar-refractivity contribution in [2.24, 2.45) is 0 Å². The molecule has 2 aromatic rings. The SMILES string of the molecule is Cc1ccc2c(c1)CC(CN1CCc3c(N)cccc31)O2. The smallest absolute Gasteiger partial charge is 0.123 e. The summed E-state index contributed by atoms with van der Waals surface area (Å²) in [6, 6.07) is 12.7. The average molecular weight is 280 g/mol. The van der Waals surface area contributed by atoms with E-state index in [-0.39, 0.29) is 6.10 Å². The van der Waals surface area contributed by atoms with E-state index in [1.165, 1.54) is 22.4 Å². The second-order valence-electron chi connectivity index (χ2n) is 6.10. The lowest BCUT2D eigenvalue weighted by Gasteiger charge is -2.23. The van der Waals surface area contributed by atoms with Crippen LogP contribution in [0.5, 0.6) is 5.75 Å². The molecule has 0 amide bonds. The number of anilines is 2. The Kier molecular flexibility index (Phi) is 2.81. The molecule has 0 aromatic heterocycles. The van der Waals surface area contributed by atoms with Gasteiger partial charge >= 0.3 is 0 Å². The van der Waals surface area contributed by atoms with Crippen LogP contribution in [0.3, 0.4) is 0 Å². The van der Waals surface area contributed by atoms with Gasteiger partial charge in [0.1, 0.15) is 11.9 Å². The molecule has 2 N–H and O–H groups in total. The Morgan fingerprint density at radius 2 is 2.19 bits per heavy atom. The highest BCUT2D eigenvalue weighted by Gasteiger charge is 2.28. The van der Waals surface area contributed by atoms with Gasteiger partial charge in [-0.15, -0.1) is 0 Å². The van der Waals surface area contributed by atoms with Crippen LogP contribution < -0.4 is 15.4 Å². The van der Waals surface area contributed by atoms with Gasteiger partial charge in [0.05, 0.1) is 6.54 Å². The molecule has 108 valence electrons. The number of hydrogen-bond acceptors (Lipinski definition) is 3. The fourth-order valence-corrected chi connectivity index (χ4v) is 3.51. The minimum absolute atomic E-state index is 0.245. The summed E-state index contributed by atoms with van der Waals surface area (Å²) in [5.41, 5.74) is 12.2. The zero-order chi connectivity index (χ0) is 14.4. The van der Waals surface area contributed by atoms with Crippen LogP contribution in [0.15, 0.2) is 36.4 Å². The highest BCUT2D eigenvalue weighted by molar-refractivity contribution is 5.68. The number of hydrogen-bond donors (Lipinski definition) is 1. The Hall–Kier alpha value is -2.16. The van der Waals surface area contributed by atoms with Crippen molar-refractivity contribution in [2.45, 2.75) is 25.9 Å². The van der Waals surface area contributed by atoms with Gasteiger partial charge in [0.15, 0.2) is 0 Å². The molecular weight excluding hydrogens is 260 g/mol.